The van der Waals surface area contributed by atoms with Crippen molar-refractivity contribution in [3.8, 4) is 5.75 Å². The molecule has 1 atom stereocenters. The van der Waals surface area contributed by atoms with Crippen LogP contribution in [0.2, 0.25) is 5.02 Å². The van der Waals surface area contributed by atoms with E-state index >= 15 is 0 Å². The molecular weight excluding hydrogens is 209 g/mol. The molecule has 13 heavy (non-hydrogen) atoms. The third-order valence-corrected chi connectivity index (χ3v) is 1.92. The highest BCUT2D eigenvalue weighted by atomic mass is 35.5. The lowest BCUT2D eigenvalue weighted by Crippen LogP contribution is -2.06. The van der Waals surface area contributed by atoms with Gasteiger partial charge in [0.1, 0.15) is 5.75 Å². The van der Waals surface area contributed by atoms with Gasteiger partial charge in [-0.2, -0.15) is 0 Å². The fourth-order valence-electron chi connectivity index (χ4n) is 1.06. The van der Waals surface area contributed by atoms with Crippen LogP contribution in [0.5, 0.6) is 5.75 Å². The van der Waals surface area contributed by atoms with E-state index in [1.807, 2.05) is 19.1 Å². The third kappa shape index (κ3) is 3.07. The van der Waals surface area contributed by atoms with E-state index in [4.69, 9.17) is 22.1 Å². The van der Waals surface area contributed by atoms with Crippen LogP contribution in [0.15, 0.2) is 18.2 Å². The van der Waals surface area contributed by atoms with Crippen molar-refractivity contribution in [1.29, 1.82) is 0 Å². The largest absolute Gasteiger partial charge is 0.496 e. The molecule has 1 rings (SSSR count). The molecule has 2 N–H and O–H groups in total. The minimum atomic E-state index is -0.0304. The molecule has 0 aliphatic carbocycles. The Bertz CT molecular complexity index is 276. The van der Waals surface area contributed by atoms with Crippen molar-refractivity contribution < 1.29 is 4.74 Å². The summed E-state index contributed by atoms with van der Waals surface area (Å²) in [5.74, 6) is 0.748. The van der Waals surface area contributed by atoms with Gasteiger partial charge in [0.2, 0.25) is 0 Å². The van der Waals surface area contributed by atoms with Gasteiger partial charge < -0.3 is 10.5 Å². The third-order valence-electron chi connectivity index (χ3n) is 1.69. The maximum absolute atomic E-state index is 5.78. The average Bonchev–Trinajstić information content (AvgIpc) is 2.03. The second-order valence-corrected chi connectivity index (χ2v) is 3.11. The Morgan fingerprint density at radius 1 is 1.46 bits per heavy atom. The van der Waals surface area contributed by atoms with Gasteiger partial charge in [-0.15, -0.1) is 12.4 Å². The number of methoxy groups -OCH3 is 1. The van der Waals surface area contributed by atoms with Crippen LogP contribution in [-0.2, 0) is 0 Å². The Morgan fingerprint density at radius 2 is 2.08 bits per heavy atom. The van der Waals surface area contributed by atoms with Gasteiger partial charge in [0.15, 0.2) is 0 Å². The zero-order chi connectivity index (χ0) is 9.14. The average molecular weight is 222 g/mol. The lowest BCUT2D eigenvalue weighted by molar-refractivity contribution is 0.407. The van der Waals surface area contributed by atoms with Crippen LogP contribution in [0.3, 0.4) is 0 Å². The summed E-state index contributed by atoms with van der Waals surface area (Å²) < 4.78 is 5.12. The van der Waals surface area contributed by atoms with Gasteiger partial charge in [0.05, 0.1) is 7.11 Å². The first-order chi connectivity index (χ1) is 5.65. The van der Waals surface area contributed by atoms with Crippen molar-refractivity contribution in [3.05, 3.63) is 28.8 Å². The quantitative estimate of drug-likeness (QED) is 0.834. The number of benzene rings is 1. The summed E-state index contributed by atoms with van der Waals surface area (Å²) in [4.78, 5) is 0. The van der Waals surface area contributed by atoms with Crippen LogP contribution in [-0.4, -0.2) is 7.11 Å². The zero-order valence-electron chi connectivity index (χ0n) is 7.58. The topological polar surface area (TPSA) is 35.2 Å². The fraction of sp³-hybridized carbons (Fsp3) is 0.333. The Balaban J connectivity index is 0.00000144. The van der Waals surface area contributed by atoms with Gasteiger partial charge in [-0.05, 0) is 19.1 Å². The van der Waals surface area contributed by atoms with Crippen LogP contribution in [0, 0.1) is 0 Å². The lowest BCUT2D eigenvalue weighted by Gasteiger charge is -2.11. The van der Waals surface area contributed by atoms with Crippen molar-refractivity contribution in [2.75, 3.05) is 7.11 Å². The minimum absolute atomic E-state index is 0. The molecule has 0 fully saturated rings. The van der Waals surface area contributed by atoms with E-state index in [1.165, 1.54) is 0 Å². The standard InChI is InChI=1S/C9H12ClNO.ClH/c1-6(11)8-4-3-7(10)5-9(8)12-2;/h3-6H,11H2,1-2H3;1H. The van der Waals surface area contributed by atoms with Gasteiger partial charge in [-0.25, -0.2) is 0 Å². The normalized spacial score (nSPS) is 11.7. The van der Waals surface area contributed by atoms with Crippen LogP contribution in [0.25, 0.3) is 0 Å². The highest BCUT2D eigenvalue weighted by molar-refractivity contribution is 6.30. The maximum atomic E-state index is 5.78. The number of hydrogen-bond acceptors (Lipinski definition) is 2. The number of nitrogens with two attached hydrogens (primary N) is 1. The van der Waals surface area contributed by atoms with Crippen LogP contribution < -0.4 is 10.5 Å². The number of halogens is 2. The molecular formula is C9H13Cl2NO. The second-order valence-electron chi connectivity index (χ2n) is 2.67. The van der Waals surface area contributed by atoms with Crippen molar-refractivity contribution in [2.24, 2.45) is 5.73 Å². The maximum Gasteiger partial charge on any atom is 0.125 e. The molecule has 2 nitrogen and oxygen atoms in total. The summed E-state index contributed by atoms with van der Waals surface area (Å²) in [7, 11) is 1.61. The SMILES string of the molecule is COc1cc(Cl)ccc1C(C)N.Cl. The molecule has 0 aliphatic rings. The lowest BCUT2D eigenvalue weighted by atomic mass is 10.1. The number of hydrogen-bond donors (Lipinski definition) is 1. The van der Waals surface area contributed by atoms with E-state index in [-0.39, 0.29) is 18.4 Å². The van der Waals surface area contributed by atoms with Gasteiger partial charge >= 0.3 is 0 Å². The van der Waals surface area contributed by atoms with Gasteiger partial charge in [-0.1, -0.05) is 17.7 Å². The summed E-state index contributed by atoms with van der Waals surface area (Å²) in [5.41, 5.74) is 6.69. The molecule has 0 saturated carbocycles. The van der Waals surface area contributed by atoms with Crippen LogP contribution >= 0.6 is 24.0 Å². The summed E-state index contributed by atoms with van der Waals surface area (Å²) in [5, 5.41) is 0.663. The van der Waals surface area contributed by atoms with E-state index in [2.05, 4.69) is 0 Å². The number of rotatable bonds is 2. The first-order valence-corrected chi connectivity index (χ1v) is 4.12. The van der Waals surface area contributed by atoms with Gasteiger partial charge in [-0.3, -0.25) is 0 Å². The fourth-order valence-corrected chi connectivity index (χ4v) is 1.22. The molecule has 1 aromatic carbocycles. The second kappa shape index (κ2) is 5.32. The highest BCUT2D eigenvalue weighted by Gasteiger charge is 2.06. The monoisotopic (exact) mass is 221 g/mol. The van der Waals surface area contributed by atoms with Crippen molar-refractivity contribution >= 4 is 24.0 Å². The molecule has 0 aliphatic heterocycles. The minimum Gasteiger partial charge on any atom is -0.496 e. The molecule has 1 unspecified atom stereocenters. The van der Waals surface area contributed by atoms with Gasteiger partial charge in [0.25, 0.3) is 0 Å². The summed E-state index contributed by atoms with van der Waals surface area (Å²) >= 11 is 5.78. The molecule has 74 valence electrons. The first kappa shape index (κ1) is 12.6. The first-order valence-electron chi connectivity index (χ1n) is 3.74. The van der Waals surface area contributed by atoms with E-state index in [0.717, 1.165) is 11.3 Å². The highest BCUT2D eigenvalue weighted by Crippen LogP contribution is 2.26. The number of ether oxygens (including phenoxy) is 1. The van der Waals surface area contributed by atoms with Crippen LogP contribution in [0.1, 0.15) is 18.5 Å². The van der Waals surface area contributed by atoms with Crippen LogP contribution in [0.4, 0.5) is 0 Å². The molecule has 4 heteroatoms. The molecule has 0 heterocycles. The Labute approximate surface area is 89.4 Å². The van der Waals surface area contributed by atoms with E-state index < -0.39 is 0 Å². The van der Waals surface area contributed by atoms with E-state index in [0.29, 0.717) is 5.02 Å². The van der Waals surface area contributed by atoms with Crippen molar-refractivity contribution in [2.45, 2.75) is 13.0 Å². The Morgan fingerprint density at radius 3 is 2.54 bits per heavy atom. The molecule has 0 radical (unpaired) electrons. The van der Waals surface area contributed by atoms with Gasteiger partial charge in [0, 0.05) is 16.6 Å². The van der Waals surface area contributed by atoms with Crippen molar-refractivity contribution in [1.82, 2.24) is 0 Å². The molecule has 1 aromatic rings. The van der Waals surface area contributed by atoms with Crippen molar-refractivity contribution in [3.63, 3.8) is 0 Å². The molecule has 0 aromatic heterocycles. The molecule has 0 spiro atoms. The summed E-state index contributed by atoms with van der Waals surface area (Å²) in [6.45, 7) is 1.91. The molecule has 0 amide bonds. The molecule has 0 saturated heterocycles. The van der Waals surface area contributed by atoms with E-state index in [9.17, 15) is 0 Å². The zero-order valence-corrected chi connectivity index (χ0v) is 9.15. The Hall–Kier alpha value is -0.440. The smallest absolute Gasteiger partial charge is 0.125 e. The van der Waals surface area contributed by atoms with E-state index in [1.54, 1.807) is 13.2 Å². The summed E-state index contributed by atoms with van der Waals surface area (Å²) in [6, 6.07) is 5.42. The Kier molecular flexibility index (Phi) is 5.14. The molecule has 0 bridgehead atoms. The predicted molar refractivity (Wildman–Crippen MR) is 57.9 cm³/mol. The summed E-state index contributed by atoms with van der Waals surface area (Å²) in [6.07, 6.45) is 0. The predicted octanol–water partition coefficient (Wildman–Crippen LogP) is 2.79.